The number of aromatic nitrogens is 3. The van der Waals surface area contributed by atoms with Gasteiger partial charge in [-0.3, -0.25) is 4.68 Å². The number of hydrogen-bond acceptors (Lipinski definition) is 6. The number of esters is 1. The molecular formula is C11H14N4O2S. The van der Waals surface area contributed by atoms with Crippen LogP contribution in [0.1, 0.15) is 23.1 Å². The summed E-state index contributed by atoms with van der Waals surface area (Å²) in [4.78, 5) is 15.6. The van der Waals surface area contributed by atoms with Crippen LogP contribution in [0.15, 0.2) is 11.4 Å². The number of aryl methyl sites for hydroxylation is 2. The molecule has 0 atom stereocenters. The summed E-state index contributed by atoms with van der Waals surface area (Å²) < 4.78 is 6.60. The van der Waals surface area contributed by atoms with E-state index >= 15 is 0 Å². The van der Waals surface area contributed by atoms with Crippen molar-refractivity contribution in [3.63, 3.8) is 0 Å². The topological polar surface area (TPSA) is 69.0 Å². The van der Waals surface area contributed by atoms with Gasteiger partial charge in [-0.05, 0) is 13.8 Å². The van der Waals surface area contributed by atoms with Crippen molar-refractivity contribution >= 4 is 28.3 Å². The number of carbonyl (C=O) groups excluding carboxylic acids is 1. The number of hydrogen-bond donors (Lipinski definition) is 1. The van der Waals surface area contributed by atoms with Gasteiger partial charge >= 0.3 is 5.97 Å². The molecule has 0 unspecified atom stereocenters. The van der Waals surface area contributed by atoms with Gasteiger partial charge in [0, 0.05) is 18.5 Å². The zero-order valence-corrected chi connectivity index (χ0v) is 11.2. The maximum Gasteiger partial charge on any atom is 0.357 e. The van der Waals surface area contributed by atoms with Crippen LogP contribution in [0.5, 0.6) is 0 Å². The van der Waals surface area contributed by atoms with E-state index in [0.717, 1.165) is 11.5 Å². The Balaban J connectivity index is 2.11. The van der Waals surface area contributed by atoms with Gasteiger partial charge < -0.3 is 10.1 Å². The molecule has 0 saturated carbocycles. The average Bonchev–Trinajstić information content (AvgIpc) is 2.88. The van der Waals surface area contributed by atoms with Crippen molar-refractivity contribution in [2.45, 2.75) is 13.8 Å². The predicted octanol–water partition coefficient (Wildman–Crippen LogP) is 2.11. The summed E-state index contributed by atoms with van der Waals surface area (Å²) in [5.74, 6) is 0.431. The number of carbonyl (C=O) groups is 1. The number of anilines is 2. The highest BCUT2D eigenvalue weighted by atomic mass is 32.1. The lowest BCUT2D eigenvalue weighted by Gasteiger charge is -2.01. The van der Waals surface area contributed by atoms with Crippen LogP contribution in [0.4, 0.5) is 10.9 Å². The van der Waals surface area contributed by atoms with Crippen molar-refractivity contribution in [2.24, 2.45) is 7.05 Å². The summed E-state index contributed by atoms with van der Waals surface area (Å²) in [6.07, 6.45) is 0. The summed E-state index contributed by atoms with van der Waals surface area (Å²) in [5.41, 5.74) is 1.24. The summed E-state index contributed by atoms with van der Waals surface area (Å²) in [6.45, 7) is 4.03. The van der Waals surface area contributed by atoms with E-state index in [0.29, 0.717) is 17.4 Å². The molecule has 7 heteroatoms. The lowest BCUT2D eigenvalue weighted by molar-refractivity contribution is 0.0520. The third-order valence-corrected chi connectivity index (χ3v) is 2.98. The largest absolute Gasteiger partial charge is 0.461 e. The van der Waals surface area contributed by atoms with Crippen molar-refractivity contribution in [3.8, 4) is 0 Å². The number of ether oxygens (including phenoxy) is 1. The van der Waals surface area contributed by atoms with E-state index in [1.54, 1.807) is 17.0 Å². The first kappa shape index (κ1) is 12.6. The highest BCUT2D eigenvalue weighted by Crippen LogP contribution is 2.21. The molecule has 0 aliphatic rings. The van der Waals surface area contributed by atoms with Gasteiger partial charge in [0.05, 0.1) is 12.3 Å². The van der Waals surface area contributed by atoms with Gasteiger partial charge in [0.2, 0.25) is 0 Å². The Morgan fingerprint density at radius 3 is 3.00 bits per heavy atom. The molecule has 0 spiro atoms. The number of thiazole rings is 1. The van der Waals surface area contributed by atoms with E-state index in [2.05, 4.69) is 15.4 Å². The van der Waals surface area contributed by atoms with Gasteiger partial charge in [-0.2, -0.15) is 5.10 Å². The second-order valence-corrected chi connectivity index (χ2v) is 4.54. The average molecular weight is 266 g/mol. The van der Waals surface area contributed by atoms with E-state index in [-0.39, 0.29) is 0 Å². The van der Waals surface area contributed by atoms with Gasteiger partial charge in [0.1, 0.15) is 5.82 Å². The SMILES string of the molecule is CCOC(=O)c1csc(Nc2cc(C)nn2C)n1. The van der Waals surface area contributed by atoms with Crippen LogP contribution in [0.25, 0.3) is 0 Å². The minimum atomic E-state index is -0.400. The highest BCUT2D eigenvalue weighted by Gasteiger charge is 2.12. The molecule has 2 aromatic rings. The Labute approximate surface area is 109 Å². The van der Waals surface area contributed by atoms with E-state index in [9.17, 15) is 4.79 Å². The standard InChI is InChI=1S/C11H14N4O2S/c1-4-17-10(16)8-6-18-11(12-8)13-9-5-7(2)14-15(9)3/h5-6H,4H2,1-3H3,(H,12,13). The second-order valence-electron chi connectivity index (χ2n) is 3.68. The molecule has 0 saturated heterocycles. The van der Waals surface area contributed by atoms with Gasteiger partial charge in [-0.1, -0.05) is 0 Å². The van der Waals surface area contributed by atoms with Crippen LogP contribution < -0.4 is 5.32 Å². The summed E-state index contributed by atoms with van der Waals surface area (Å²) >= 11 is 1.35. The Morgan fingerprint density at radius 1 is 1.61 bits per heavy atom. The molecule has 0 fully saturated rings. The Kier molecular flexibility index (Phi) is 3.61. The van der Waals surface area contributed by atoms with E-state index in [1.807, 2.05) is 20.0 Å². The normalized spacial score (nSPS) is 10.4. The molecule has 0 aliphatic carbocycles. The molecule has 2 rings (SSSR count). The van der Waals surface area contributed by atoms with Crippen LogP contribution in [-0.2, 0) is 11.8 Å². The molecule has 0 radical (unpaired) electrons. The van der Waals surface area contributed by atoms with Crippen LogP contribution in [0, 0.1) is 6.92 Å². The Morgan fingerprint density at radius 2 is 2.39 bits per heavy atom. The van der Waals surface area contributed by atoms with Crippen molar-refractivity contribution < 1.29 is 9.53 Å². The molecule has 0 bridgehead atoms. The van der Waals surface area contributed by atoms with Crippen molar-refractivity contribution in [1.29, 1.82) is 0 Å². The quantitative estimate of drug-likeness (QED) is 0.858. The molecule has 2 aromatic heterocycles. The first-order chi connectivity index (χ1) is 8.60. The first-order valence-corrected chi connectivity index (χ1v) is 6.38. The van der Waals surface area contributed by atoms with Gasteiger partial charge in [0.15, 0.2) is 10.8 Å². The lowest BCUT2D eigenvalue weighted by atomic mass is 10.5. The van der Waals surface area contributed by atoms with Crippen LogP contribution in [0.3, 0.4) is 0 Å². The predicted molar refractivity (Wildman–Crippen MR) is 69.3 cm³/mol. The van der Waals surface area contributed by atoms with Crippen molar-refractivity contribution in [2.75, 3.05) is 11.9 Å². The molecule has 2 heterocycles. The Bertz CT molecular complexity index is 561. The summed E-state index contributed by atoms with van der Waals surface area (Å²) in [6, 6.07) is 1.91. The molecule has 0 amide bonds. The second kappa shape index (κ2) is 5.18. The molecule has 6 nitrogen and oxygen atoms in total. The first-order valence-electron chi connectivity index (χ1n) is 5.50. The van der Waals surface area contributed by atoms with Crippen LogP contribution in [0.2, 0.25) is 0 Å². The van der Waals surface area contributed by atoms with Crippen LogP contribution >= 0.6 is 11.3 Å². The molecular weight excluding hydrogens is 252 g/mol. The van der Waals surface area contributed by atoms with Gasteiger partial charge in [-0.25, -0.2) is 9.78 Å². The zero-order valence-electron chi connectivity index (χ0n) is 10.4. The van der Waals surface area contributed by atoms with E-state index in [1.165, 1.54) is 11.3 Å². The fourth-order valence-electron chi connectivity index (χ4n) is 1.47. The van der Waals surface area contributed by atoms with Crippen molar-refractivity contribution in [1.82, 2.24) is 14.8 Å². The van der Waals surface area contributed by atoms with E-state index in [4.69, 9.17) is 4.74 Å². The highest BCUT2D eigenvalue weighted by molar-refractivity contribution is 7.14. The van der Waals surface area contributed by atoms with E-state index < -0.39 is 5.97 Å². The smallest absolute Gasteiger partial charge is 0.357 e. The number of nitrogens with one attached hydrogen (secondary N) is 1. The monoisotopic (exact) mass is 266 g/mol. The number of rotatable bonds is 4. The summed E-state index contributed by atoms with van der Waals surface area (Å²) in [5, 5.41) is 9.64. The van der Waals surface area contributed by atoms with Crippen molar-refractivity contribution in [3.05, 3.63) is 22.8 Å². The third-order valence-electron chi connectivity index (χ3n) is 2.23. The van der Waals surface area contributed by atoms with Gasteiger partial charge in [0.25, 0.3) is 0 Å². The maximum absolute atomic E-state index is 11.5. The Hall–Kier alpha value is -1.89. The minimum absolute atomic E-state index is 0.322. The van der Waals surface area contributed by atoms with Gasteiger partial charge in [-0.15, -0.1) is 11.3 Å². The fraction of sp³-hybridized carbons (Fsp3) is 0.364. The molecule has 1 N–H and O–H groups in total. The minimum Gasteiger partial charge on any atom is -0.461 e. The molecule has 96 valence electrons. The molecule has 18 heavy (non-hydrogen) atoms. The summed E-state index contributed by atoms with van der Waals surface area (Å²) in [7, 11) is 1.84. The number of nitrogens with zero attached hydrogens (tertiary/aromatic N) is 3. The molecule has 0 aliphatic heterocycles. The third kappa shape index (κ3) is 2.67. The lowest BCUT2D eigenvalue weighted by Crippen LogP contribution is -2.05. The molecule has 0 aromatic carbocycles. The van der Waals surface area contributed by atoms with Crippen LogP contribution in [-0.4, -0.2) is 27.3 Å². The zero-order chi connectivity index (χ0) is 13.1. The maximum atomic E-state index is 11.5. The fourth-order valence-corrected chi connectivity index (χ4v) is 2.15.